The highest BCUT2D eigenvalue weighted by atomic mass is 16.6. The summed E-state index contributed by atoms with van der Waals surface area (Å²) < 4.78 is 16.9. The molecule has 1 atom stereocenters. The van der Waals surface area contributed by atoms with Crippen LogP contribution in [0, 0.1) is 0 Å². The fourth-order valence-electron chi connectivity index (χ4n) is 8.50. The predicted molar refractivity (Wildman–Crippen MR) is 270 cm³/mol. The lowest BCUT2D eigenvalue weighted by molar-refractivity contribution is -0.167. The average Bonchev–Trinajstić information content (AvgIpc) is 3.28. The normalized spacial score (nSPS) is 12.0. The van der Waals surface area contributed by atoms with Gasteiger partial charge in [-0.2, -0.15) is 0 Å². The number of ether oxygens (including phenoxy) is 3. The van der Waals surface area contributed by atoms with Crippen molar-refractivity contribution in [3.8, 4) is 0 Å². The molecular weight excluding hydrogens is 781 g/mol. The molecule has 0 aliphatic heterocycles. The van der Waals surface area contributed by atoms with Crippen molar-refractivity contribution in [2.75, 3.05) is 13.2 Å². The Balaban J connectivity index is 4.29. The highest BCUT2D eigenvalue weighted by Gasteiger charge is 2.19. The first kappa shape index (κ1) is 61.1. The molecule has 0 aromatic heterocycles. The van der Waals surface area contributed by atoms with Gasteiger partial charge in [0.15, 0.2) is 6.10 Å². The Bertz CT molecular complexity index is 978. The Hall–Kier alpha value is -1.85. The second-order valence-corrected chi connectivity index (χ2v) is 19.2. The number of hydrogen-bond donors (Lipinski definition) is 0. The highest BCUT2D eigenvalue weighted by Crippen LogP contribution is 2.17. The van der Waals surface area contributed by atoms with Crippen molar-refractivity contribution in [2.24, 2.45) is 0 Å². The van der Waals surface area contributed by atoms with E-state index in [-0.39, 0.29) is 31.1 Å². The molecule has 0 amide bonds. The summed E-state index contributed by atoms with van der Waals surface area (Å²) in [6.45, 7) is 6.67. The molecule has 0 rings (SSSR count). The van der Waals surface area contributed by atoms with Crippen LogP contribution in [0.2, 0.25) is 0 Å². The van der Waals surface area contributed by atoms with Gasteiger partial charge in [-0.3, -0.25) is 14.4 Å². The van der Waals surface area contributed by atoms with Crippen LogP contribution in [-0.2, 0) is 28.6 Å². The molecule has 0 bridgehead atoms. The van der Waals surface area contributed by atoms with E-state index in [1.165, 1.54) is 212 Å². The van der Waals surface area contributed by atoms with Gasteiger partial charge in [0.05, 0.1) is 0 Å². The number of rotatable bonds is 52. The first-order valence-electron chi connectivity index (χ1n) is 28.2. The highest BCUT2D eigenvalue weighted by molar-refractivity contribution is 5.71. The van der Waals surface area contributed by atoms with Gasteiger partial charge in [-0.1, -0.05) is 264 Å². The summed E-state index contributed by atoms with van der Waals surface area (Å²) in [5.74, 6) is -0.853. The Labute approximate surface area is 392 Å². The fourth-order valence-corrected chi connectivity index (χ4v) is 8.50. The van der Waals surface area contributed by atoms with Crippen LogP contribution in [-0.4, -0.2) is 37.2 Å². The quantitative estimate of drug-likeness (QED) is 0.0262. The van der Waals surface area contributed by atoms with E-state index in [0.717, 1.165) is 64.2 Å². The molecule has 0 spiro atoms. The van der Waals surface area contributed by atoms with Gasteiger partial charge in [0.2, 0.25) is 0 Å². The largest absolute Gasteiger partial charge is 0.462 e. The third kappa shape index (κ3) is 51.0. The van der Waals surface area contributed by atoms with E-state index in [0.29, 0.717) is 19.3 Å². The molecule has 0 saturated heterocycles. The number of hydrogen-bond acceptors (Lipinski definition) is 6. The monoisotopic (exact) mass is 889 g/mol. The van der Waals surface area contributed by atoms with Gasteiger partial charge >= 0.3 is 17.9 Å². The average molecular weight is 889 g/mol. The third-order valence-corrected chi connectivity index (χ3v) is 12.8. The number of allylic oxidation sites excluding steroid dienone is 2. The van der Waals surface area contributed by atoms with Crippen LogP contribution in [0.25, 0.3) is 0 Å². The van der Waals surface area contributed by atoms with Crippen LogP contribution in [0.15, 0.2) is 12.2 Å². The molecule has 0 saturated carbocycles. The Kier molecular flexibility index (Phi) is 51.2. The maximum atomic E-state index is 12.8. The molecule has 6 nitrogen and oxygen atoms in total. The van der Waals surface area contributed by atoms with Gasteiger partial charge in [0.25, 0.3) is 0 Å². The summed E-state index contributed by atoms with van der Waals surface area (Å²) in [7, 11) is 0. The Morgan fingerprint density at radius 1 is 0.302 bits per heavy atom. The third-order valence-electron chi connectivity index (χ3n) is 12.8. The van der Waals surface area contributed by atoms with Gasteiger partial charge in [-0.15, -0.1) is 0 Å². The minimum absolute atomic E-state index is 0.0666. The second-order valence-electron chi connectivity index (χ2n) is 19.2. The van der Waals surface area contributed by atoms with Gasteiger partial charge in [-0.25, -0.2) is 0 Å². The molecule has 0 heterocycles. The van der Waals surface area contributed by atoms with E-state index in [4.69, 9.17) is 14.2 Å². The summed E-state index contributed by atoms with van der Waals surface area (Å²) in [5.41, 5.74) is 0. The number of carbonyl (C=O) groups excluding carboxylic acids is 3. The molecule has 0 fully saturated rings. The molecule has 0 aliphatic carbocycles. The lowest BCUT2D eigenvalue weighted by Crippen LogP contribution is -2.30. The molecule has 63 heavy (non-hydrogen) atoms. The smallest absolute Gasteiger partial charge is 0.306 e. The molecular formula is C57H108O6. The Morgan fingerprint density at radius 2 is 0.524 bits per heavy atom. The first-order chi connectivity index (χ1) is 31.0. The van der Waals surface area contributed by atoms with E-state index in [9.17, 15) is 14.4 Å². The van der Waals surface area contributed by atoms with Crippen molar-refractivity contribution < 1.29 is 28.6 Å². The SMILES string of the molecule is CCCCCC/C=C\CCCCCCCC(=O)OCC(COC(=O)CCCCCCCCCCCCCCCCCCCC)OC(=O)CCCCCCCCCCCCCCCC. The Morgan fingerprint density at radius 3 is 0.810 bits per heavy atom. The fraction of sp³-hybridized carbons (Fsp3) is 0.912. The summed E-state index contributed by atoms with van der Waals surface area (Å²) in [4.78, 5) is 38.1. The molecule has 0 aromatic rings. The summed E-state index contributed by atoms with van der Waals surface area (Å²) in [6.07, 6.45) is 59.1. The molecule has 0 aromatic carbocycles. The maximum absolute atomic E-state index is 12.8. The zero-order valence-electron chi connectivity index (χ0n) is 42.6. The molecule has 1 unspecified atom stereocenters. The standard InChI is InChI=1S/C57H108O6/c1-4-7-10-13-16-19-22-25-27-28-29-30-33-35-38-41-44-47-50-56(59)62-53-54(52-61-55(58)49-46-43-40-37-34-31-24-21-18-15-12-9-6-3)63-57(60)51-48-45-42-39-36-32-26-23-20-17-14-11-8-5-2/h21,24,54H,4-20,22-23,25-53H2,1-3H3/b24-21-. The second kappa shape index (κ2) is 52.8. The van der Waals surface area contributed by atoms with Crippen LogP contribution < -0.4 is 0 Å². The minimum Gasteiger partial charge on any atom is -0.462 e. The zero-order valence-corrected chi connectivity index (χ0v) is 42.6. The van der Waals surface area contributed by atoms with Gasteiger partial charge in [0.1, 0.15) is 13.2 Å². The van der Waals surface area contributed by atoms with Crippen LogP contribution in [0.4, 0.5) is 0 Å². The van der Waals surface area contributed by atoms with Crippen molar-refractivity contribution in [3.63, 3.8) is 0 Å². The first-order valence-corrected chi connectivity index (χ1v) is 28.2. The van der Waals surface area contributed by atoms with Gasteiger partial charge in [-0.05, 0) is 44.9 Å². The van der Waals surface area contributed by atoms with Crippen LogP contribution in [0.3, 0.4) is 0 Å². The van der Waals surface area contributed by atoms with Crippen molar-refractivity contribution in [1.29, 1.82) is 0 Å². The lowest BCUT2D eigenvalue weighted by Gasteiger charge is -2.18. The summed E-state index contributed by atoms with van der Waals surface area (Å²) in [5, 5.41) is 0. The van der Waals surface area contributed by atoms with Crippen LogP contribution in [0.1, 0.15) is 316 Å². The van der Waals surface area contributed by atoms with E-state index < -0.39 is 6.10 Å². The van der Waals surface area contributed by atoms with Crippen molar-refractivity contribution in [3.05, 3.63) is 12.2 Å². The van der Waals surface area contributed by atoms with Crippen LogP contribution >= 0.6 is 0 Å². The van der Waals surface area contributed by atoms with Crippen molar-refractivity contribution >= 4 is 17.9 Å². The molecule has 0 radical (unpaired) electrons. The van der Waals surface area contributed by atoms with Crippen molar-refractivity contribution in [1.82, 2.24) is 0 Å². The number of unbranched alkanes of at least 4 members (excludes halogenated alkanes) is 39. The van der Waals surface area contributed by atoms with Crippen LogP contribution in [0.5, 0.6) is 0 Å². The lowest BCUT2D eigenvalue weighted by atomic mass is 10.0. The van der Waals surface area contributed by atoms with Crippen molar-refractivity contribution in [2.45, 2.75) is 322 Å². The topological polar surface area (TPSA) is 78.9 Å². The minimum atomic E-state index is -0.767. The number of esters is 3. The number of carbonyl (C=O) groups is 3. The van der Waals surface area contributed by atoms with E-state index in [2.05, 4.69) is 32.9 Å². The predicted octanol–water partition coefficient (Wildman–Crippen LogP) is 18.5. The zero-order chi connectivity index (χ0) is 45.8. The van der Waals surface area contributed by atoms with E-state index >= 15 is 0 Å². The van der Waals surface area contributed by atoms with Gasteiger partial charge in [0, 0.05) is 19.3 Å². The summed E-state index contributed by atoms with van der Waals surface area (Å²) in [6, 6.07) is 0. The van der Waals surface area contributed by atoms with E-state index in [1.807, 2.05) is 0 Å². The molecule has 6 heteroatoms. The summed E-state index contributed by atoms with van der Waals surface area (Å²) >= 11 is 0. The molecule has 0 N–H and O–H groups in total. The maximum Gasteiger partial charge on any atom is 0.306 e. The molecule has 0 aliphatic rings. The van der Waals surface area contributed by atoms with Gasteiger partial charge < -0.3 is 14.2 Å². The van der Waals surface area contributed by atoms with E-state index in [1.54, 1.807) is 0 Å². The molecule has 372 valence electrons.